The van der Waals surface area contributed by atoms with Crippen LogP contribution in [0.15, 0.2) is 28.9 Å². The van der Waals surface area contributed by atoms with Gasteiger partial charge in [-0.15, -0.1) is 0 Å². The third-order valence-corrected chi connectivity index (χ3v) is 4.80. The lowest BCUT2D eigenvalue weighted by Crippen LogP contribution is -2.55. The van der Waals surface area contributed by atoms with Crippen LogP contribution in [0.1, 0.15) is 42.6 Å². The maximum Gasteiger partial charge on any atom is 0.434 e. The van der Waals surface area contributed by atoms with Crippen LogP contribution >= 0.6 is 11.6 Å². The summed E-state index contributed by atoms with van der Waals surface area (Å²) >= 11 is 5.52. The van der Waals surface area contributed by atoms with Crippen LogP contribution in [0.25, 0.3) is 0 Å². The first-order chi connectivity index (χ1) is 14.0. The lowest BCUT2D eigenvalue weighted by molar-refractivity contribution is -0.154. The minimum atomic E-state index is -5.36. The molecule has 0 fully saturated rings. The van der Waals surface area contributed by atoms with Crippen molar-refractivity contribution in [3.63, 3.8) is 0 Å². The van der Waals surface area contributed by atoms with Crippen molar-refractivity contribution in [3.8, 4) is 0 Å². The highest BCUT2D eigenvalue weighted by molar-refractivity contribution is 6.42. The van der Waals surface area contributed by atoms with Crippen LogP contribution < -0.4 is 5.84 Å². The number of rotatable bonds is 4. The van der Waals surface area contributed by atoms with Gasteiger partial charge in [0, 0.05) is 12.1 Å². The molecule has 1 heterocycles. The first-order valence-corrected chi connectivity index (χ1v) is 8.99. The molecule has 1 aromatic carbocycles. The Morgan fingerprint density at radius 1 is 1.00 bits per heavy atom. The maximum atomic E-state index is 13.5. The number of nitrogens with two attached hydrogens (primary N) is 1. The summed E-state index contributed by atoms with van der Waals surface area (Å²) < 4.78 is 120. The minimum absolute atomic E-state index is 0.0345. The number of hydrazine groups is 1. The Hall–Kier alpha value is -2.15. The van der Waals surface area contributed by atoms with Crippen molar-refractivity contribution >= 4 is 17.5 Å². The third kappa shape index (κ3) is 5.03. The number of benzene rings is 1. The van der Waals surface area contributed by atoms with Gasteiger partial charge in [0.2, 0.25) is 0 Å². The molecule has 0 radical (unpaired) electrons. The highest BCUT2D eigenvalue weighted by Gasteiger charge is 2.51. The normalized spacial score (nSPS) is 18.8. The largest absolute Gasteiger partial charge is 0.434 e. The first kappa shape index (κ1) is 25.1. The van der Waals surface area contributed by atoms with E-state index in [2.05, 4.69) is 0 Å². The molecule has 4 nitrogen and oxygen atoms in total. The van der Waals surface area contributed by atoms with E-state index >= 15 is 0 Å². The number of nitrogens with zero attached hydrogens (tertiary/aromatic N) is 2. The lowest BCUT2D eigenvalue weighted by Gasteiger charge is -2.44. The summed E-state index contributed by atoms with van der Waals surface area (Å²) in [6.45, 7) is 1.22. The monoisotopic (exact) mass is 483 g/mol. The van der Waals surface area contributed by atoms with Crippen molar-refractivity contribution in [2.24, 2.45) is 5.84 Å². The molecule has 1 aromatic rings. The summed E-state index contributed by atoms with van der Waals surface area (Å²) in [4.78, 5) is 13.0. The van der Waals surface area contributed by atoms with Crippen molar-refractivity contribution in [1.82, 2.24) is 9.91 Å². The van der Waals surface area contributed by atoms with Crippen molar-refractivity contribution in [2.45, 2.75) is 44.5 Å². The molecule has 1 atom stereocenters. The molecule has 0 saturated heterocycles. The topological polar surface area (TPSA) is 49.6 Å². The van der Waals surface area contributed by atoms with Crippen LogP contribution in [0.2, 0.25) is 0 Å². The molecule has 2 rings (SSSR count). The fourth-order valence-corrected chi connectivity index (χ4v) is 3.39. The number of halogens is 10. The van der Waals surface area contributed by atoms with E-state index in [9.17, 15) is 44.3 Å². The van der Waals surface area contributed by atoms with Gasteiger partial charge in [-0.1, -0.05) is 24.9 Å². The molecule has 1 unspecified atom stereocenters. The molecule has 174 valence electrons. The van der Waals surface area contributed by atoms with E-state index in [1.807, 2.05) is 0 Å². The highest BCUT2D eigenvalue weighted by Crippen LogP contribution is 2.46. The van der Waals surface area contributed by atoms with Gasteiger partial charge in [-0.3, -0.25) is 9.80 Å². The van der Waals surface area contributed by atoms with E-state index < -0.39 is 64.6 Å². The molecule has 0 saturated carbocycles. The summed E-state index contributed by atoms with van der Waals surface area (Å²) in [5, 5.41) is -1.65. The second kappa shape index (κ2) is 8.41. The standard InChI is InChI=1S/C17H15ClF9N3O/c1-2-3-6-29-13(30(28)12(17(25,26)27)11(18)14(29)31)9-7-8(15(19,20)21)4-5-10(9)16(22,23)24/h4-5,7,13H,2-3,6,28H2,1H3. The predicted octanol–water partition coefficient (Wildman–Crippen LogP) is 5.55. The Kier molecular flexibility index (Phi) is 6.82. The average molecular weight is 484 g/mol. The van der Waals surface area contributed by atoms with E-state index in [1.54, 1.807) is 6.92 Å². The molecule has 14 heteroatoms. The molecular weight excluding hydrogens is 469 g/mol. The van der Waals surface area contributed by atoms with Gasteiger partial charge < -0.3 is 4.90 Å². The van der Waals surface area contributed by atoms with Gasteiger partial charge in [0.05, 0.1) is 11.1 Å². The third-order valence-electron chi connectivity index (χ3n) is 4.46. The van der Waals surface area contributed by atoms with Gasteiger partial charge in [0.1, 0.15) is 11.2 Å². The molecule has 1 aliphatic heterocycles. The number of hydrogen-bond acceptors (Lipinski definition) is 3. The second-order valence-corrected chi connectivity index (χ2v) is 6.97. The molecule has 0 aliphatic carbocycles. The molecule has 1 aliphatic rings. The Balaban J connectivity index is 2.84. The van der Waals surface area contributed by atoms with Gasteiger partial charge in [0.15, 0.2) is 5.70 Å². The van der Waals surface area contributed by atoms with E-state index in [0.29, 0.717) is 11.3 Å². The number of allylic oxidation sites excluding steroid dienone is 1. The molecule has 0 spiro atoms. The molecular formula is C17H15ClF9N3O. The van der Waals surface area contributed by atoms with Gasteiger partial charge in [-0.2, -0.15) is 39.5 Å². The first-order valence-electron chi connectivity index (χ1n) is 8.62. The predicted molar refractivity (Wildman–Crippen MR) is 90.8 cm³/mol. The number of alkyl halides is 9. The van der Waals surface area contributed by atoms with Crippen molar-refractivity contribution in [3.05, 3.63) is 45.6 Å². The Bertz CT molecular complexity index is 877. The van der Waals surface area contributed by atoms with Crippen LogP contribution in [0, 0.1) is 0 Å². The van der Waals surface area contributed by atoms with Crippen LogP contribution in [0.5, 0.6) is 0 Å². The number of unbranched alkanes of at least 4 members (excludes halogenated alkanes) is 1. The minimum Gasteiger partial charge on any atom is -0.312 e. The van der Waals surface area contributed by atoms with Gasteiger partial charge in [-0.25, -0.2) is 5.84 Å². The Morgan fingerprint density at radius 3 is 2.03 bits per heavy atom. The molecule has 0 aromatic heterocycles. The summed E-state index contributed by atoms with van der Waals surface area (Å²) in [7, 11) is 0. The maximum absolute atomic E-state index is 13.5. The van der Waals surface area contributed by atoms with Crippen molar-refractivity contribution in [2.75, 3.05) is 6.54 Å². The number of carbonyl (C=O) groups is 1. The van der Waals surface area contributed by atoms with E-state index in [4.69, 9.17) is 17.4 Å². The number of hydrogen-bond donors (Lipinski definition) is 1. The van der Waals surface area contributed by atoms with Crippen LogP contribution in [0.4, 0.5) is 39.5 Å². The van der Waals surface area contributed by atoms with Crippen LogP contribution in [0.3, 0.4) is 0 Å². The fraction of sp³-hybridized carbons (Fsp3) is 0.471. The zero-order chi connectivity index (χ0) is 23.9. The zero-order valence-electron chi connectivity index (χ0n) is 15.6. The quantitative estimate of drug-likeness (QED) is 0.451. The van der Waals surface area contributed by atoms with E-state index in [-0.39, 0.29) is 29.6 Å². The van der Waals surface area contributed by atoms with Gasteiger partial charge in [-0.05, 0) is 24.6 Å². The molecule has 0 bridgehead atoms. The summed E-state index contributed by atoms with van der Waals surface area (Å²) in [6.07, 6.45) is -17.6. The number of carbonyl (C=O) groups excluding carboxylic acids is 1. The SMILES string of the molecule is CCCCN1C(=O)C(Cl)=C(C(F)(F)F)N(N)C1c1cc(C(F)(F)F)ccc1C(F)(F)F. The average Bonchev–Trinajstić information content (AvgIpc) is 2.60. The summed E-state index contributed by atoms with van der Waals surface area (Å²) in [5.41, 5.74) is -6.45. The van der Waals surface area contributed by atoms with Crippen molar-refractivity contribution < 1.29 is 44.3 Å². The van der Waals surface area contributed by atoms with E-state index in [1.165, 1.54) is 0 Å². The number of amides is 1. The Labute approximate surface area is 175 Å². The Morgan fingerprint density at radius 2 is 1.58 bits per heavy atom. The highest BCUT2D eigenvalue weighted by atomic mass is 35.5. The molecule has 2 N–H and O–H groups in total. The smallest absolute Gasteiger partial charge is 0.312 e. The fourth-order valence-electron chi connectivity index (χ4n) is 3.08. The summed E-state index contributed by atoms with van der Waals surface area (Å²) in [5.74, 6) is 3.96. The van der Waals surface area contributed by atoms with Crippen LogP contribution in [-0.4, -0.2) is 28.5 Å². The van der Waals surface area contributed by atoms with Gasteiger partial charge in [0.25, 0.3) is 5.91 Å². The lowest BCUT2D eigenvalue weighted by atomic mass is 9.97. The molecule has 1 amide bonds. The van der Waals surface area contributed by atoms with Gasteiger partial charge >= 0.3 is 18.5 Å². The zero-order valence-corrected chi connectivity index (χ0v) is 16.3. The second-order valence-electron chi connectivity index (χ2n) is 6.59. The van der Waals surface area contributed by atoms with Crippen molar-refractivity contribution in [1.29, 1.82) is 0 Å². The van der Waals surface area contributed by atoms with E-state index in [0.717, 1.165) is 0 Å². The molecule has 31 heavy (non-hydrogen) atoms. The summed E-state index contributed by atoms with van der Waals surface area (Å²) in [6, 6.07) is 0.260. The van der Waals surface area contributed by atoms with Crippen LogP contribution in [-0.2, 0) is 17.1 Å².